The number of hydrogen-bond donors (Lipinski definition) is 21. The minimum absolute atomic E-state index is 0.0000883. The lowest BCUT2D eigenvalue weighted by Crippen LogP contribution is -2.64. The maximum atomic E-state index is 15.2. The number of rotatable bonds is 61. The zero-order chi connectivity index (χ0) is 92.6. The van der Waals surface area contributed by atoms with Crippen LogP contribution in [0.1, 0.15) is 72.6 Å². The molecule has 1 saturated carbocycles. The van der Waals surface area contributed by atoms with Crippen LogP contribution in [0.25, 0.3) is 0 Å². The number of nitrogens with one attached hydrogen (secondary N) is 9. The Hall–Kier alpha value is -6.95. The lowest BCUT2D eigenvalue weighted by atomic mass is 9.86. The van der Waals surface area contributed by atoms with Crippen molar-refractivity contribution in [3.8, 4) is 0 Å². The van der Waals surface area contributed by atoms with Crippen molar-refractivity contribution in [1.29, 1.82) is 0 Å². The lowest BCUT2D eigenvalue weighted by molar-refractivity contribution is -0.272. The molecule has 50 nitrogen and oxygen atoms in total. The smallest absolute Gasteiger partial charge is 0.246 e. The monoisotopic (exact) mass is 1820 g/mol. The van der Waals surface area contributed by atoms with Gasteiger partial charge in [-0.25, -0.2) is 0 Å². The third-order valence-corrected chi connectivity index (χ3v) is 20.3. The van der Waals surface area contributed by atoms with E-state index in [0.717, 1.165) is 9.80 Å². The second-order valence-electron chi connectivity index (χ2n) is 30.0. The summed E-state index contributed by atoms with van der Waals surface area (Å²) >= 11 is 0. The molecule has 0 spiro atoms. The fourth-order valence-electron chi connectivity index (χ4n) is 13.7. The molecule has 0 aromatic carbocycles. The number of nitrogens with zero attached hydrogens (tertiary/aromatic N) is 2. The molecule has 5 fully saturated rings. The van der Waals surface area contributed by atoms with Gasteiger partial charge in [0.15, 0.2) is 25.2 Å². The van der Waals surface area contributed by atoms with Crippen molar-refractivity contribution in [3.05, 3.63) is 0 Å². The van der Waals surface area contributed by atoms with Gasteiger partial charge in [0.2, 0.25) is 65.0 Å². The largest absolute Gasteiger partial charge is 0.394 e. The van der Waals surface area contributed by atoms with Crippen molar-refractivity contribution >= 4 is 65.0 Å². The fraction of sp³-hybridized carbons (Fsp3) is 0.855. The highest BCUT2D eigenvalue weighted by molar-refractivity contribution is 5.95. The number of methoxy groups -OCH3 is 1. The summed E-state index contributed by atoms with van der Waals surface area (Å²) in [7, 11) is 1.53. The zero-order valence-corrected chi connectivity index (χ0v) is 71.7. The molecule has 0 radical (unpaired) electrons. The molecule has 726 valence electrons. The summed E-state index contributed by atoms with van der Waals surface area (Å²) in [5.74, 6) is -8.51. The minimum atomic E-state index is -1.65. The van der Waals surface area contributed by atoms with Crippen LogP contribution < -0.4 is 47.9 Å². The van der Waals surface area contributed by atoms with E-state index in [2.05, 4.69) is 47.9 Å². The molecule has 4 saturated heterocycles. The Morgan fingerprint density at radius 1 is 0.357 bits per heavy atom. The van der Waals surface area contributed by atoms with Gasteiger partial charge in [-0.3, -0.25) is 52.7 Å². The fourth-order valence-corrected chi connectivity index (χ4v) is 13.7. The Morgan fingerprint density at radius 3 is 0.929 bits per heavy atom. The topological polar surface area (TPSA) is 693 Å². The van der Waals surface area contributed by atoms with Crippen molar-refractivity contribution in [1.82, 2.24) is 57.7 Å². The predicted octanol–water partition coefficient (Wildman–Crippen LogP) is -13.1. The third kappa shape index (κ3) is 39.4. The molecule has 21 atom stereocenters. The molecule has 4 aliphatic heterocycles. The highest BCUT2D eigenvalue weighted by Crippen LogP contribution is 2.29. The van der Waals surface area contributed by atoms with Crippen LogP contribution in [0, 0.1) is 5.92 Å². The van der Waals surface area contributed by atoms with Gasteiger partial charge in [-0.1, -0.05) is 0 Å². The van der Waals surface area contributed by atoms with Crippen molar-refractivity contribution in [2.75, 3.05) is 205 Å². The molecule has 0 aromatic heterocycles. The maximum Gasteiger partial charge on any atom is 0.246 e. The van der Waals surface area contributed by atoms with Crippen LogP contribution in [-0.4, -0.2) is 476 Å². The summed E-state index contributed by atoms with van der Waals surface area (Å²) in [6, 6.07) is -6.36. The summed E-state index contributed by atoms with van der Waals surface area (Å²) in [5.41, 5.74) is 0. The number of aliphatic hydroxyl groups is 12. The standard InChI is InChI=1S/C76H133N11O39/c1-43(92)81-59-67(105)63(101)50(39-88)123-73(59)119-18-6-17-112-19-13-79-56(98)37-87(38-57(99)80-16-22-115-25-28-118-31-34-122-76-62(84-46(4)95)70(108)66(104)53(42-91)126-76)72(110)49(85-71(109)47-7-9-48(111-5)10-8-47)11-12-58(100)86(35-54(96)77-14-20-113-23-26-116-29-32-120-74-60(82-44(2)93)68(106)64(102)51(40-89)124-74)36-55(97)78-15-21-114-24-27-117-30-33-121-75-61(83-45(3)94)69(107)65(103)52(41-90)125-75/h47-53,59-70,73-76,88-91,101-108H,6-42H2,1-5H3,(H,77,96)(H,78,97)(H,79,98)(H,80,99)(H,81,92)(H,82,93)(H,83,94)(H,84,95)(H,85,109). The van der Waals surface area contributed by atoms with Gasteiger partial charge < -0.3 is 195 Å². The summed E-state index contributed by atoms with van der Waals surface area (Å²) in [6.45, 7) is -2.39. The predicted molar refractivity (Wildman–Crippen MR) is 425 cm³/mol. The number of amides is 11. The van der Waals surface area contributed by atoms with Gasteiger partial charge in [0.25, 0.3) is 0 Å². The van der Waals surface area contributed by atoms with Crippen molar-refractivity contribution in [2.24, 2.45) is 5.92 Å². The quantitative estimate of drug-likeness (QED) is 0.0251. The van der Waals surface area contributed by atoms with Gasteiger partial charge in [0, 0.05) is 79.9 Å². The van der Waals surface area contributed by atoms with Gasteiger partial charge in [0.05, 0.1) is 145 Å². The van der Waals surface area contributed by atoms with E-state index in [1.807, 2.05) is 0 Å². The zero-order valence-electron chi connectivity index (χ0n) is 71.7. The highest BCUT2D eigenvalue weighted by atomic mass is 16.7. The first kappa shape index (κ1) is 110. The minimum Gasteiger partial charge on any atom is -0.394 e. The summed E-state index contributed by atoms with van der Waals surface area (Å²) in [6.07, 6.45) is -21.6. The molecule has 0 aromatic rings. The second kappa shape index (κ2) is 60.8. The molecule has 50 heteroatoms. The summed E-state index contributed by atoms with van der Waals surface area (Å²) < 4.78 is 89.6. The van der Waals surface area contributed by atoms with Crippen LogP contribution in [0.2, 0.25) is 0 Å². The van der Waals surface area contributed by atoms with Crippen LogP contribution in [0.5, 0.6) is 0 Å². The Morgan fingerprint density at radius 2 is 0.635 bits per heavy atom. The van der Waals surface area contributed by atoms with Gasteiger partial charge in [-0.2, -0.15) is 0 Å². The summed E-state index contributed by atoms with van der Waals surface area (Å²) in [4.78, 5) is 148. The van der Waals surface area contributed by atoms with Crippen molar-refractivity contribution in [2.45, 2.75) is 207 Å². The number of carbonyl (C=O) groups is 11. The normalized spacial score (nSPS) is 28.1. The Labute approximate surface area is 728 Å². The average Bonchev–Trinajstić information content (AvgIpc) is 0.817. The molecule has 4 heterocycles. The van der Waals surface area contributed by atoms with E-state index in [1.165, 1.54) is 34.8 Å². The Balaban J connectivity index is 1.25. The van der Waals surface area contributed by atoms with Crippen LogP contribution in [0.15, 0.2) is 0 Å². The number of aliphatic hydroxyl groups excluding tert-OH is 12. The van der Waals surface area contributed by atoms with E-state index < -0.39 is 265 Å². The van der Waals surface area contributed by atoms with Crippen LogP contribution in [-0.2, 0) is 129 Å². The summed E-state index contributed by atoms with van der Waals surface area (Å²) in [5, 5.41) is 145. The van der Waals surface area contributed by atoms with Crippen molar-refractivity contribution < 1.29 is 190 Å². The molecule has 5 aliphatic rings. The molecular weight excluding hydrogens is 1690 g/mol. The maximum absolute atomic E-state index is 15.2. The molecule has 1 aliphatic carbocycles. The van der Waals surface area contributed by atoms with Gasteiger partial charge in [-0.05, 0) is 38.5 Å². The molecule has 11 amide bonds. The average molecular weight is 1820 g/mol. The molecule has 5 rings (SSSR count). The Kier molecular flexibility index (Phi) is 52.9. The second-order valence-corrected chi connectivity index (χ2v) is 30.0. The van der Waals surface area contributed by atoms with E-state index in [9.17, 15) is 109 Å². The molecule has 21 unspecified atom stereocenters. The van der Waals surface area contributed by atoms with E-state index in [1.54, 1.807) is 0 Å². The van der Waals surface area contributed by atoms with E-state index >= 15 is 4.79 Å². The lowest BCUT2D eigenvalue weighted by Gasteiger charge is -2.42. The van der Waals surface area contributed by atoms with Crippen molar-refractivity contribution in [3.63, 3.8) is 0 Å². The SMILES string of the molecule is COC1CCC(C(=O)NC(CCC(=O)N(CC(=O)NCCOCCOCCOC2OC(CO)C(O)C(O)C2NC(C)=O)CC(=O)NCCOCCOCCOC2OC(CO)C(O)C(O)C2NC(C)=O)C(=O)N(CC(=O)NCCOCCCOC2OC(CO)C(O)C(O)C2NC(C)=O)CC(=O)NCCOCCOCCOC2OC(CO)C(O)C(O)C2NC(C)=O)CC1. The first-order chi connectivity index (χ1) is 60.4. The molecule has 21 N–H and O–H groups in total. The first-order valence-electron chi connectivity index (χ1n) is 41.9. The molecular formula is C76H133N11O39. The first-order valence-corrected chi connectivity index (χ1v) is 41.9. The van der Waals surface area contributed by atoms with Gasteiger partial charge in [-0.15, -0.1) is 0 Å². The molecule has 0 bridgehead atoms. The van der Waals surface area contributed by atoms with Gasteiger partial charge >= 0.3 is 0 Å². The van der Waals surface area contributed by atoms with E-state index in [-0.39, 0.29) is 158 Å². The van der Waals surface area contributed by atoms with E-state index in [4.69, 9.17) is 75.8 Å². The number of ether oxygens (including phenoxy) is 16. The van der Waals surface area contributed by atoms with Gasteiger partial charge in [0.1, 0.15) is 130 Å². The highest BCUT2D eigenvalue weighted by Gasteiger charge is 2.50. The van der Waals surface area contributed by atoms with Crippen LogP contribution in [0.3, 0.4) is 0 Å². The van der Waals surface area contributed by atoms with Crippen LogP contribution >= 0.6 is 0 Å². The Bertz CT molecular complexity index is 3140. The number of hydrogen-bond acceptors (Lipinski definition) is 39. The van der Waals surface area contributed by atoms with Crippen LogP contribution in [0.4, 0.5) is 0 Å². The third-order valence-electron chi connectivity index (χ3n) is 20.3. The molecule has 126 heavy (non-hydrogen) atoms. The number of carbonyl (C=O) groups excluding carboxylic acids is 11. The van der Waals surface area contributed by atoms with E-state index in [0.29, 0.717) is 25.7 Å².